The van der Waals surface area contributed by atoms with Gasteiger partial charge in [-0.2, -0.15) is 0 Å². The van der Waals surface area contributed by atoms with Crippen molar-refractivity contribution >= 4 is 21.7 Å². The second-order valence-electron chi connectivity index (χ2n) is 6.50. The van der Waals surface area contributed by atoms with E-state index in [1.54, 1.807) is 12.1 Å². The molecular weight excluding hydrogens is 318 g/mol. The summed E-state index contributed by atoms with van der Waals surface area (Å²) in [6.07, 6.45) is 0. The van der Waals surface area contributed by atoms with Crippen LogP contribution in [0.3, 0.4) is 0 Å². The summed E-state index contributed by atoms with van der Waals surface area (Å²) < 4.78 is 0. The Bertz CT molecular complexity index is 1220. The molecule has 0 unspecified atom stereocenters. The predicted molar refractivity (Wildman–Crippen MR) is 108 cm³/mol. The van der Waals surface area contributed by atoms with Crippen molar-refractivity contribution in [3.05, 3.63) is 91.0 Å². The summed E-state index contributed by atoms with van der Waals surface area (Å²) in [6, 6.07) is 30.6. The summed E-state index contributed by atoms with van der Waals surface area (Å²) in [5.41, 5.74) is 5.62. The predicted octanol–water partition coefficient (Wildman–Crippen LogP) is 6.36. The van der Waals surface area contributed by atoms with Crippen LogP contribution in [-0.4, -0.2) is 10.1 Å². The third-order valence-electron chi connectivity index (χ3n) is 4.91. The van der Waals surface area contributed by atoms with Crippen LogP contribution in [-0.2, 0) is 0 Å². The average Bonchev–Trinajstić information content (AvgIpc) is 3.09. The Hall–Kier alpha value is -3.52. The van der Waals surface area contributed by atoms with Crippen molar-refractivity contribution in [2.45, 2.75) is 0 Å². The third kappa shape index (κ3) is 2.27. The van der Waals surface area contributed by atoms with Crippen molar-refractivity contribution in [1.82, 2.24) is 4.98 Å². The molecule has 0 amide bonds. The van der Waals surface area contributed by atoms with Gasteiger partial charge in [-0.1, -0.05) is 72.8 Å². The van der Waals surface area contributed by atoms with Crippen LogP contribution in [0.2, 0.25) is 0 Å². The van der Waals surface area contributed by atoms with E-state index in [2.05, 4.69) is 65.6 Å². The molecule has 1 heterocycles. The van der Waals surface area contributed by atoms with Crippen LogP contribution < -0.4 is 0 Å². The number of phenols is 1. The van der Waals surface area contributed by atoms with Gasteiger partial charge in [-0.15, -0.1) is 0 Å². The van der Waals surface area contributed by atoms with Crippen molar-refractivity contribution in [2.75, 3.05) is 0 Å². The SMILES string of the molecule is Oc1ccc(-c2c(-c3ccccc3)[nH]c3ccc4ccccc4c23)cc1. The van der Waals surface area contributed by atoms with Gasteiger partial charge in [0.15, 0.2) is 0 Å². The molecule has 5 aromatic rings. The molecule has 0 aliphatic heterocycles. The van der Waals surface area contributed by atoms with Gasteiger partial charge in [0.05, 0.1) is 5.69 Å². The van der Waals surface area contributed by atoms with Crippen molar-refractivity contribution in [2.24, 2.45) is 0 Å². The number of fused-ring (bicyclic) bond motifs is 3. The van der Waals surface area contributed by atoms with E-state index < -0.39 is 0 Å². The highest BCUT2D eigenvalue weighted by Crippen LogP contribution is 2.41. The lowest BCUT2D eigenvalue weighted by Gasteiger charge is -2.07. The second kappa shape index (κ2) is 5.78. The summed E-state index contributed by atoms with van der Waals surface area (Å²) in [5.74, 6) is 0.278. The highest BCUT2D eigenvalue weighted by molar-refractivity contribution is 6.17. The quantitative estimate of drug-likeness (QED) is 0.387. The first-order chi connectivity index (χ1) is 12.8. The summed E-state index contributed by atoms with van der Waals surface area (Å²) >= 11 is 0. The smallest absolute Gasteiger partial charge is 0.115 e. The zero-order valence-corrected chi connectivity index (χ0v) is 14.1. The molecular formula is C24H17NO. The second-order valence-corrected chi connectivity index (χ2v) is 6.50. The first-order valence-corrected chi connectivity index (χ1v) is 8.69. The molecule has 1 aromatic heterocycles. The maximum atomic E-state index is 9.72. The fourth-order valence-electron chi connectivity index (χ4n) is 3.71. The minimum Gasteiger partial charge on any atom is -0.508 e. The van der Waals surface area contributed by atoms with E-state index in [9.17, 15) is 5.11 Å². The van der Waals surface area contributed by atoms with Crippen LogP contribution in [0, 0.1) is 0 Å². The Morgan fingerprint density at radius 2 is 1.35 bits per heavy atom. The number of nitrogens with one attached hydrogen (secondary N) is 1. The minimum atomic E-state index is 0.278. The Balaban J connectivity index is 1.94. The van der Waals surface area contributed by atoms with Gasteiger partial charge < -0.3 is 10.1 Å². The molecule has 0 aliphatic carbocycles. The van der Waals surface area contributed by atoms with E-state index in [0.29, 0.717) is 0 Å². The van der Waals surface area contributed by atoms with Gasteiger partial charge >= 0.3 is 0 Å². The van der Waals surface area contributed by atoms with Gasteiger partial charge in [-0.05, 0) is 40.1 Å². The molecule has 0 fully saturated rings. The fourth-order valence-corrected chi connectivity index (χ4v) is 3.71. The van der Waals surface area contributed by atoms with Gasteiger partial charge in [-0.3, -0.25) is 0 Å². The van der Waals surface area contributed by atoms with Gasteiger partial charge in [0, 0.05) is 16.5 Å². The average molecular weight is 335 g/mol. The maximum Gasteiger partial charge on any atom is 0.115 e. The largest absolute Gasteiger partial charge is 0.508 e. The molecule has 0 bridgehead atoms. The molecule has 2 heteroatoms. The van der Waals surface area contributed by atoms with Gasteiger partial charge in [-0.25, -0.2) is 0 Å². The summed E-state index contributed by atoms with van der Waals surface area (Å²) in [4.78, 5) is 3.62. The number of aromatic hydroxyl groups is 1. The zero-order chi connectivity index (χ0) is 17.5. The Labute approximate surface area is 151 Å². The molecule has 0 radical (unpaired) electrons. The van der Waals surface area contributed by atoms with Crippen molar-refractivity contribution in [1.29, 1.82) is 0 Å². The van der Waals surface area contributed by atoms with E-state index in [1.807, 2.05) is 18.2 Å². The molecule has 0 saturated heterocycles. The number of aromatic nitrogens is 1. The van der Waals surface area contributed by atoms with E-state index in [0.717, 1.165) is 22.3 Å². The number of phenolic OH excluding ortho intramolecular Hbond substituents is 1. The van der Waals surface area contributed by atoms with Crippen LogP contribution in [0.4, 0.5) is 0 Å². The monoisotopic (exact) mass is 335 g/mol. The fraction of sp³-hybridized carbons (Fsp3) is 0. The van der Waals surface area contributed by atoms with E-state index in [4.69, 9.17) is 0 Å². The molecule has 5 rings (SSSR count). The highest BCUT2D eigenvalue weighted by atomic mass is 16.3. The first-order valence-electron chi connectivity index (χ1n) is 8.69. The topological polar surface area (TPSA) is 36.0 Å². The Morgan fingerprint density at radius 1 is 0.615 bits per heavy atom. The standard InChI is InChI=1S/C24H17NO/c26-19-13-10-17(11-14-19)22-23-20-9-5-4-6-16(20)12-15-21(23)25-24(22)18-7-2-1-3-8-18/h1-15,25-26H. The maximum absolute atomic E-state index is 9.72. The number of aromatic amines is 1. The number of rotatable bonds is 2. The molecule has 0 saturated carbocycles. The molecule has 4 aromatic carbocycles. The van der Waals surface area contributed by atoms with Crippen molar-refractivity contribution < 1.29 is 5.11 Å². The lowest BCUT2D eigenvalue weighted by Crippen LogP contribution is -1.83. The number of hydrogen-bond donors (Lipinski definition) is 2. The number of benzene rings is 4. The highest BCUT2D eigenvalue weighted by Gasteiger charge is 2.17. The minimum absolute atomic E-state index is 0.278. The molecule has 26 heavy (non-hydrogen) atoms. The van der Waals surface area contributed by atoms with Crippen molar-refractivity contribution in [3.63, 3.8) is 0 Å². The Kier molecular flexibility index (Phi) is 3.29. The third-order valence-corrected chi connectivity index (χ3v) is 4.91. The van der Waals surface area contributed by atoms with Gasteiger partial charge in [0.2, 0.25) is 0 Å². The summed E-state index contributed by atoms with van der Waals surface area (Å²) in [7, 11) is 0. The van der Waals surface area contributed by atoms with E-state index >= 15 is 0 Å². The normalized spacial score (nSPS) is 11.2. The van der Waals surface area contributed by atoms with Crippen LogP contribution >= 0.6 is 0 Å². The first kappa shape index (κ1) is 14.8. The lowest BCUT2D eigenvalue weighted by atomic mass is 9.95. The van der Waals surface area contributed by atoms with Crippen LogP contribution in [0.5, 0.6) is 5.75 Å². The number of hydrogen-bond acceptors (Lipinski definition) is 1. The van der Waals surface area contributed by atoms with E-state index in [1.165, 1.54) is 21.7 Å². The molecule has 0 aliphatic rings. The molecule has 0 atom stereocenters. The van der Waals surface area contributed by atoms with Gasteiger partial charge in [0.25, 0.3) is 0 Å². The molecule has 0 spiro atoms. The van der Waals surface area contributed by atoms with E-state index in [-0.39, 0.29) is 5.75 Å². The Morgan fingerprint density at radius 3 is 2.15 bits per heavy atom. The lowest BCUT2D eigenvalue weighted by molar-refractivity contribution is 0.475. The summed E-state index contributed by atoms with van der Waals surface area (Å²) in [6.45, 7) is 0. The van der Waals surface area contributed by atoms with Crippen LogP contribution in [0.25, 0.3) is 44.1 Å². The van der Waals surface area contributed by atoms with Crippen LogP contribution in [0.1, 0.15) is 0 Å². The molecule has 124 valence electrons. The van der Waals surface area contributed by atoms with Crippen molar-refractivity contribution in [3.8, 4) is 28.1 Å². The molecule has 2 N–H and O–H groups in total. The molecule has 2 nitrogen and oxygen atoms in total. The van der Waals surface area contributed by atoms with Crippen LogP contribution in [0.15, 0.2) is 91.0 Å². The van der Waals surface area contributed by atoms with Gasteiger partial charge in [0.1, 0.15) is 5.75 Å². The zero-order valence-electron chi connectivity index (χ0n) is 14.1. The number of H-pyrrole nitrogens is 1. The summed E-state index contributed by atoms with van der Waals surface area (Å²) in [5, 5.41) is 13.4.